The lowest BCUT2D eigenvalue weighted by molar-refractivity contribution is -0.124. The zero-order valence-electron chi connectivity index (χ0n) is 17.2. The molecule has 0 radical (unpaired) electrons. The van der Waals surface area contributed by atoms with Crippen molar-refractivity contribution in [3.05, 3.63) is 63.0 Å². The van der Waals surface area contributed by atoms with Gasteiger partial charge in [-0.2, -0.15) is 0 Å². The molecule has 5 nitrogen and oxygen atoms in total. The minimum absolute atomic E-state index is 0.125. The molecule has 0 N–H and O–H groups in total. The topological polar surface area (TPSA) is 55.8 Å². The summed E-state index contributed by atoms with van der Waals surface area (Å²) in [6, 6.07) is 13.4. The Morgan fingerprint density at radius 2 is 1.80 bits per heavy atom. The van der Waals surface area contributed by atoms with E-state index in [1.54, 1.807) is 6.08 Å². The minimum atomic E-state index is -0.256. The van der Waals surface area contributed by atoms with Crippen molar-refractivity contribution in [2.24, 2.45) is 0 Å². The zero-order valence-corrected chi connectivity index (χ0v) is 19.6. The van der Waals surface area contributed by atoms with Crippen molar-refractivity contribution in [2.75, 3.05) is 6.61 Å². The van der Waals surface area contributed by atoms with Crippen molar-refractivity contribution in [3.8, 4) is 11.5 Å². The molecule has 0 unspecified atom stereocenters. The van der Waals surface area contributed by atoms with Gasteiger partial charge in [-0.25, -0.2) is 0 Å². The number of ether oxygens (including phenoxy) is 2. The highest BCUT2D eigenvalue weighted by Crippen LogP contribution is 2.39. The molecular formula is C23H24BrNO4S. The fourth-order valence-electron chi connectivity index (χ4n) is 2.96. The van der Waals surface area contributed by atoms with E-state index in [0.29, 0.717) is 29.6 Å². The van der Waals surface area contributed by atoms with Crippen LogP contribution in [0.1, 0.15) is 38.3 Å². The first-order valence-electron chi connectivity index (χ1n) is 9.84. The fourth-order valence-corrected chi connectivity index (χ4v) is 4.32. The van der Waals surface area contributed by atoms with Crippen molar-refractivity contribution in [1.29, 1.82) is 0 Å². The number of halogens is 1. The van der Waals surface area contributed by atoms with Gasteiger partial charge in [0, 0.05) is 10.5 Å². The number of thioether (sulfide) groups is 1. The Labute approximate surface area is 189 Å². The molecule has 30 heavy (non-hydrogen) atoms. The first kappa shape index (κ1) is 22.4. The smallest absolute Gasteiger partial charge is 0.293 e. The Morgan fingerprint density at radius 1 is 1.10 bits per heavy atom. The van der Waals surface area contributed by atoms with Gasteiger partial charge in [0.25, 0.3) is 11.1 Å². The van der Waals surface area contributed by atoms with E-state index in [4.69, 9.17) is 9.47 Å². The van der Waals surface area contributed by atoms with Crippen LogP contribution in [0.15, 0.2) is 51.8 Å². The van der Waals surface area contributed by atoms with Crippen molar-refractivity contribution in [2.45, 2.75) is 39.8 Å². The maximum absolute atomic E-state index is 12.7. The third kappa shape index (κ3) is 5.08. The maximum Gasteiger partial charge on any atom is 0.293 e. The monoisotopic (exact) mass is 489 g/mol. The number of rotatable bonds is 8. The van der Waals surface area contributed by atoms with Crippen LogP contribution >= 0.6 is 27.7 Å². The van der Waals surface area contributed by atoms with E-state index in [9.17, 15) is 9.59 Å². The largest absolute Gasteiger partial charge is 0.490 e. The molecule has 0 bridgehead atoms. The Kier molecular flexibility index (Phi) is 7.61. The van der Waals surface area contributed by atoms with Gasteiger partial charge in [-0.1, -0.05) is 53.2 Å². The predicted octanol–water partition coefficient (Wildman–Crippen LogP) is 6.26. The molecule has 158 valence electrons. The van der Waals surface area contributed by atoms with Crippen molar-refractivity contribution < 1.29 is 19.1 Å². The Hall–Kier alpha value is -2.25. The molecule has 0 spiro atoms. The molecule has 2 aromatic carbocycles. The number of carbonyl (C=O) groups excluding carboxylic acids is 2. The number of hydrogen-bond donors (Lipinski definition) is 0. The second-order valence-electron chi connectivity index (χ2n) is 6.84. The molecule has 0 saturated carbocycles. The van der Waals surface area contributed by atoms with E-state index >= 15 is 0 Å². The molecule has 1 aliphatic rings. The summed E-state index contributed by atoms with van der Waals surface area (Å²) in [4.78, 5) is 26.7. The molecule has 1 fully saturated rings. The van der Waals surface area contributed by atoms with Crippen LogP contribution < -0.4 is 9.47 Å². The molecule has 2 amide bonds. The Balaban J connectivity index is 1.87. The van der Waals surface area contributed by atoms with E-state index in [2.05, 4.69) is 15.9 Å². The number of hydrogen-bond acceptors (Lipinski definition) is 5. The van der Waals surface area contributed by atoms with Crippen LogP contribution in [-0.4, -0.2) is 28.7 Å². The summed E-state index contributed by atoms with van der Waals surface area (Å²) in [6.45, 7) is 6.63. The maximum atomic E-state index is 12.7. The summed E-state index contributed by atoms with van der Waals surface area (Å²) in [5.41, 5.74) is 1.80. The van der Waals surface area contributed by atoms with Gasteiger partial charge in [0.15, 0.2) is 11.5 Å². The van der Waals surface area contributed by atoms with Crippen LogP contribution in [-0.2, 0) is 11.4 Å². The highest BCUT2D eigenvalue weighted by atomic mass is 79.9. The van der Waals surface area contributed by atoms with Gasteiger partial charge in [-0.15, -0.1) is 0 Å². The number of benzene rings is 2. The molecule has 1 heterocycles. The molecule has 3 rings (SSSR count). The molecular weight excluding hydrogens is 466 g/mol. The van der Waals surface area contributed by atoms with Crippen LogP contribution in [0.5, 0.6) is 11.5 Å². The average molecular weight is 490 g/mol. The summed E-state index contributed by atoms with van der Waals surface area (Å²) in [5.74, 6) is 0.940. The molecule has 1 aliphatic heterocycles. The molecule has 7 heteroatoms. The SMILES string of the molecule is CCOc1cc(/C=C2/SC(=O)N([C@H](C)CC)C2=O)c(Br)cc1OCc1ccccc1. The summed E-state index contributed by atoms with van der Waals surface area (Å²) in [7, 11) is 0. The average Bonchev–Trinajstić information content (AvgIpc) is 3.02. The van der Waals surface area contributed by atoms with E-state index in [1.165, 1.54) is 4.90 Å². The molecule has 0 aliphatic carbocycles. The minimum Gasteiger partial charge on any atom is -0.490 e. The summed E-state index contributed by atoms with van der Waals surface area (Å²) >= 11 is 4.53. The summed E-state index contributed by atoms with van der Waals surface area (Å²) in [5, 5.41) is -0.232. The van der Waals surface area contributed by atoms with Gasteiger partial charge < -0.3 is 9.47 Å². The number of amides is 2. The van der Waals surface area contributed by atoms with Crippen LogP contribution in [0.2, 0.25) is 0 Å². The lowest BCUT2D eigenvalue weighted by Gasteiger charge is -2.19. The van der Waals surface area contributed by atoms with E-state index < -0.39 is 0 Å². The van der Waals surface area contributed by atoms with Gasteiger partial charge in [-0.05, 0) is 61.4 Å². The number of imide groups is 1. The fraction of sp³-hybridized carbons (Fsp3) is 0.304. The van der Waals surface area contributed by atoms with Crippen LogP contribution in [0, 0.1) is 0 Å². The summed E-state index contributed by atoms with van der Waals surface area (Å²) in [6.07, 6.45) is 2.44. The molecule has 0 aromatic heterocycles. The van der Waals surface area contributed by atoms with Crippen molar-refractivity contribution >= 4 is 44.9 Å². The predicted molar refractivity (Wildman–Crippen MR) is 124 cm³/mol. The van der Waals surface area contributed by atoms with Crippen LogP contribution in [0.4, 0.5) is 4.79 Å². The Morgan fingerprint density at radius 3 is 2.47 bits per heavy atom. The molecule has 1 atom stereocenters. The zero-order chi connectivity index (χ0) is 21.7. The van der Waals surface area contributed by atoms with Crippen molar-refractivity contribution in [3.63, 3.8) is 0 Å². The quantitative estimate of drug-likeness (QED) is 0.409. The van der Waals surface area contributed by atoms with Crippen molar-refractivity contribution in [1.82, 2.24) is 4.90 Å². The van der Waals surface area contributed by atoms with Gasteiger partial charge in [0.05, 0.1) is 11.5 Å². The highest BCUT2D eigenvalue weighted by molar-refractivity contribution is 9.10. The first-order valence-corrected chi connectivity index (χ1v) is 11.5. The first-order chi connectivity index (χ1) is 14.4. The third-order valence-corrected chi connectivity index (χ3v) is 6.31. The van der Waals surface area contributed by atoms with Gasteiger partial charge >= 0.3 is 0 Å². The van der Waals surface area contributed by atoms with E-state index in [1.807, 2.05) is 63.2 Å². The highest BCUT2D eigenvalue weighted by Gasteiger charge is 2.37. The Bertz CT molecular complexity index is 961. The second kappa shape index (κ2) is 10.2. The van der Waals surface area contributed by atoms with Crippen LogP contribution in [0.3, 0.4) is 0 Å². The summed E-state index contributed by atoms with van der Waals surface area (Å²) < 4.78 is 12.5. The van der Waals surface area contributed by atoms with E-state index in [-0.39, 0.29) is 17.2 Å². The van der Waals surface area contributed by atoms with Crippen LogP contribution in [0.25, 0.3) is 6.08 Å². The van der Waals surface area contributed by atoms with E-state index in [0.717, 1.165) is 33.8 Å². The second-order valence-corrected chi connectivity index (χ2v) is 8.68. The molecule has 2 aromatic rings. The number of carbonyl (C=O) groups is 2. The van der Waals surface area contributed by atoms with Gasteiger partial charge in [-0.3, -0.25) is 14.5 Å². The normalized spacial score (nSPS) is 16.3. The third-order valence-electron chi connectivity index (χ3n) is 4.74. The lowest BCUT2D eigenvalue weighted by Crippen LogP contribution is -2.36. The standard InChI is InChI=1S/C23H24BrNO4S/c1-4-15(3)25-22(26)21(30-23(25)27)12-17-11-19(28-5-2)20(13-18(17)24)29-14-16-9-7-6-8-10-16/h6-13,15H,4-5,14H2,1-3H3/b21-12+/t15-/m1/s1. The van der Waals surface area contributed by atoms with Gasteiger partial charge in [0.2, 0.25) is 0 Å². The lowest BCUT2D eigenvalue weighted by atomic mass is 10.1. The van der Waals surface area contributed by atoms with Gasteiger partial charge in [0.1, 0.15) is 6.61 Å². The molecule has 1 saturated heterocycles. The number of nitrogens with zero attached hydrogens (tertiary/aromatic N) is 1.